The lowest BCUT2D eigenvalue weighted by Crippen LogP contribution is -2.41. The number of aromatic nitrogens is 2. The molecule has 0 aromatic carbocycles. The highest BCUT2D eigenvalue weighted by Crippen LogP contribution is 2.25. The van der Waals surface area contributed by atoms with Crippen molar-refractivity contribution in [1.82, 2.24) is 14.3 Å². The first-order valence-corrected chi connectivity index (χ1v) is 7.10. The number of nitrogens with zero attached hydrogens (tertiary/aromatic N) is 3. The molecule has 1 N–H and O–H groups in total. The van der Waals surface area contributed by atoms with Gasteiger partial charge in [0.25, 0.3) is 5.56 Å². The predicted molar refractivity (Wildman–Crippen MR) is 76.6 cm³/mol. The van der Waals surface area contributed by atoms with Crippen LogP contribution in [0, 0.1) is 0 Å². The summed E-state index contributed by atoms with van der Waals surface area (Å²) in [4.78, 5) is 18.8. The molecule has 2 aromatic rings. The van der Waals surface area contributed by atoms with Gasteiger partial charge in [0.05, 0.1) is 12.3 Å². The van der Waals surface area contributed by atoms with E-state index >= 15 is 0 Å². The molecule has 1 aliphatic rings. The third kappa shape index (κ3) is 2.59. The van der Waals surface area contributed by atoms with E-state index in [-0.39, 0.29) is 12.2 Å². The lowest BCUT2D eigenvalue weighted by Gasteiger charge is -2.37. The van der Waals surface area contributed by atoms with Crippen LogP contribution in [0.5, 0.6) is 0 Å². The summed E-state index contributed by atoms with van der Waals surface area (Å²) >= 11 is 0. The van der Waals surface area contributed by atoms with Crippen molar-refractivity contribution >= 4 is 5.65 Å². The number of aliphatic hydroxyl groups excluding tert-OH is 1. The SMILES string of the molecule is O=c1cc(CN(CCO)C2CCC2)nc2ccccn12. The molecule has 0 amide bonds. The molecule has 1 saturated carbocycles. The van der Waals surface area contributed by atoms with Crippen molar-refractivity contribution in [2.45, 2.75) is 31.8 Å². The van der Waals surface area contributed by atoms with E-state index in [1.807, 2.05) is 18.2 Å². The fourth-order valence-corrected chi connectivity index (χ4v) is 2.66. The van der Waals surface area contributed by atoms with Crippen molar-refractivity contribution in [3.8, 4) is 0 Å². The summed E-state index contributed by atoms with van der Waals surface area (Å²) in [6, 6.07) is 7.66. The van der Waals surface area contributed by atoms with Crippen LogP contribution < -0.4 is 5.56 Å². The van der Waals surface area contributed by atoms with Gasteiger partial charge in [0.15, 0.2) is 0 Å². The fourth-order valence-electron chi connectivity index (χ4n) is 2.66. The molecule has 1 aliphatic carbocycles. The van der Waals surface area contributed by atoms with Gasteiger partial charge in [0, 0.05) is 31.4 Å². The van der Waals surface area contributed by atoms with Crippen LogP contribution in [0.25, 0.3) is 5.65 Å². The number of fused-ring (bicyclic) bond motifs is 1. The summed E-state index contributed by atoms with van der Waals surface area (Å²) in [5, 5.41) is 9.18. The molecule has 0 atom stereocenters. The Morgan fingerprint density at radius 1 is 1.40 bits per heavy atom. The van der Waals surface area contributed by atoms with E-state index in [2.05, 4.69) is 9.88 Å². The third-order valence-electron chi connectivity index (χ3n) is 3.97. The lowest BCUT2D eigenvalue weighted by molar-refractivity contribution is 0.0934. The molecule has 1 fully saturated rings. The second kappa shape index (κ2) is 5.73. The largest absolute Gasteiger partial charge is 0.395 e. The van der Waals surface area contributed by atoms with Gasteiger partial charge < -0.3 is 5.11 Å². The minimum atomic E-state index is -0.0526. The molecule has 0 unspecified atom stereocenters. The second-order valence-corrected chi connectivity index (χ2v) is 5.29. The Kier molecular flexibility index (Phi) is 3.80. The van der Waals surface area contributed by atoms with Crippen molar-refractivity contribution in [2.75, 3.05) is 13.2 Å². The minimum Gasteiger partial charge on any atom is -0.395 e. The average molecular weight is 273 g/mol. The maximum absolute atomic E-state index is 12.0. The molecule has 0 radical (unpaired) electrons. The monoisotopic (exact) mass is 273 g/mol. The van der Waals surface area contributed by atoms with E-state index in [4.69, 9.17) is 0 Å². The predicted octanol–water partition coefficient (Wildman–Crippen LogP) is 1.04. The van der Waals surface area contributed by atoms with E-state index in [0.29, 0.717) is 24.8 Å². The van der Waals surface area contributed by atoms with Crippen LogP contribution in [0.4, 0.5) is 0 Å². The zero-order valence-electron chi connectivity index (χ0n) is 11.4. The molecular weight excluding hydrogens is 254 g/mol. The van der Waals surface area contributed by atoms with Crippen molar-refractivity contribution in [1.29, 1.82) is 0 Å². The zero-order chi connectivity index (χ0) is 13.9. The summed E-state index contributed by atoms with van der Waals surface area (Å²) in [5.41, 5.74) is 1.40. The fraction of sp³-hybridized carbons (Fsp3) is 0.467. The Bertz CT molecular complexity index is 649. The Balaban J connectivity index is 1.87. The number of hydrogen-bond acceptors (Lipinski definition) is 4. The van der Waals surface area contributed by atoms with Gasteiger partial charge in [0.1, 0.15) is 5.65 Å². The van der Waals surface area contributed by atoms with Crippen molar-refractivity contribution in [2.24, 2.45) is 0 Å². The Hall–Kier alpha value is -1.72. The summed E-state index contributed by atoms with van der Waals surface area (Å²) in [7, 11) is 0. The summed E-state index contributed by atoms with van der Waals surface area (Å²) in [6.07, 6.45) is 5.32. The van der Waals surface area contributed by atoms with Crippen LogP contribution in [0.1, 0.15) is 25.0 Å². The smallest absolute Gasteiger partial charge is 0.258 e. The van der Waals surface area contributed by atoms with Gasteiger partial charge in [-0.05, 0) is 25.0 Å². The first-order valence-electron chi connectivity index (χ1n) is 7.10. The number of hydrogen-bond donors (Lipinski definition) is 1. The highest BCUT2D eigenvalue weighted by molar-refractivity contribution is 5.37. The second-order valence-electron chi connectivity index (χ2n) is 5.29. The zero-order valence-corrected chi connectivity index (χ0v) is 11.4. The normalized spacial score (nSPS) is 15.7. The minimum absolute atomic E-state index is 0.0526. The van der Waals surface area contributed by atoms with E-state index in [1.165, 1.54) is 19.3 Å². The van der Waals surface area contributed by atoms with E-state index in [9.17, 15) is 9.90 Å². The highest BCUT2D eigenvalue weighted by Gasteiger charge is 2.24. The molecule has 2 aromatic heterocycles. The molecule has 0 aliphatic heterocycles. The van der Waals surface area contributed by atoms with Gasteiger partial charge in [-0.1, -0.05) is 12.5 Å². The summed E-state index contributed by atoms with van der Waals surface area (Å²) < 4.78 is 1.54. The van der Waals surface area contributed by atoms with Gasteiger partial charge in [-0.15, -0.1) is 0 Å². The Morgan fingerprint density at radius 3 is 2.95 bits per heavy atom. The standard InChI is InChI=1S/C15H19N3O2/c19-9-8-17(13-4-3-5-13)11-12-10-15(20)18-7-2-1-6-14(18)16-12/h1-2,6-7,10,13,19H,3-5,8-9,11H2. The van der Waals surface area contributed by atoms with Crippen LogP contribution in [0.3, 0.4) is 0 Å². The molecule has 0 bridgehead atoms. The van der Waals surface area contributed by atoms with E-state index in [1.54, 1.807) is 16.7 Å². The van der Waals surface area contributed by atoms with E-state index < -0.39 is 0 Å². The number of pyridine rings is 1. The molecule has 5 nitrogen and oxygen atoms in total. The van der Waals surface area contributed by atoms with Gasteiger partial charge in [-0.2, -0.15) is 0 Å². The van der Waals surface area contributed by atoms with Crippen LogP contribution in [-0.2, 0) is 6.54 Å². The van der Waals surface area contributed by atoms with Gasteiger partial charge in [-0.25, -0.2) is 4.98 Å². The van der Waals surface area contributed by atoms with Gasteiger partial charge in [-0.3, -0.25) is 14.1 Å². The summed E-state index contributed by atoms with van der Waals surface area (Å²) in [6.45, 7) is 1.41. The van der Waals surface area contributed by atoms with Crippen molar-refractivity contribution in [3.05, 3.63) is 46.5 Å². The van der Waals surface area contributed by atoms with Crippen molar-refractivity contribution < 1.29 is 5.11 Å². The first kappa shape index (κ1) is 13.3. The van der Waals surface area contributed by atoms with Crippen LogP contribution in [0.2, 0.25) is 0 Å². The average Bonchev–Trinajstić information content (AvgIpc) is 2.37. The van der Waals surface area contributed by atoms with Crippen LogP contribution >= 0.6 is 0 Å². The maximum Gasteiger partial charge on any atom is 0.258 e. The van der Waals surface area contributed by atoms with Crippen molar-refractivity contribution in [3.63, 3.8) is 0 Å². The van der Waals surface area contributed by atoms with Crippen LogP contribution in [-0.4, -0.2) is 38.6 Å². The molecule has 106 valence electrons. The molecule has 5 heteroatoms. The first-order chi connectivity index (χ1) is 9.78. The lowest BCUT2D eigenvalue weighted by atomic mass is 9.91. The third-order valence-corrected chi connectivity index (χ3v) is 3.97. The quantitative estimate of drug-likeness (QED) is 0.884. The number of rotatable bonds is 5. The molecular formula is C15H19N3O2. The van der Waals surface area contributed by atoms with Gasteiger partial charge >= 0.3 is 0 Å². The number of aliphatic hydroxyl groups is 1. The Labute approximate surface area is 117 Å². The van der Waals surface area contributed by atoms with E-state index in [0.717, 1.165) is 5.69 Å². The molecule has 0 saturated heterocycles. The maximum atomic E-state index is 12.0. The highest BCUT2D eigenvalue weighted by atomic mass is 16.3. The summed E-state index contributed by atoms with van der Waals surface area (Å²) in [5.74, 6) is 0. The molecule has 0 spiro atoms. The Morgan fingerprint density at radius 2 is 2.25 bits per heavy atom. The molecule has 3 rings (SSSR count). The topological polar surface area (TPSA) is 57.8 Å². The molecule has 20 heavy (non-hydrogen) atoms. The van der Waals surface area contributed by atoms with Gasteiger partial charge in [0.2, 0.25) is 0 Å². The molecule has 2 heterocycles. The van der Waals surface area contributed by atoms with Crippen LogP contribution in [0.15, 0.2) is 35.3 Å².